The van der Waals surface area contributed by atoms with Gasteiger partial charge >= 0.3 is 12.3 Å². The van der Waals surface area contributed by atoms with E-state index in [9.17, 15) is 18.0 Å². The van der Waals surface area contributed by atoms with Crippen LogP contribution in [0.1, 0.15) is 39.8 Å². The maximum atomic E-state index is 12.7. The molecular formula is C19H30F3N7O2. The van der Waals surface area contributed by atoms with Gasteiger partial charge in [0.1, 0.15) is 11.3 Å². The molecule has 0 spiro atoms. The van der Waals surface area contributed by atoms with E-state index in [0.29, 0.717) is 32.1 Å². The summed E-state index contributed by atoms with van der Waals surface area (Å²) in [6.45, 7) is 9.88. The minimum Gasteiger partial charge on any atom is -0.444 e. The Kier molecular flexibility index (Phi) is 8.28. The average molecular weight is 445 g/mol. The second-order valence-electron chi connectivity index (χ2n) is 8.00. The van der Waals surface area contributed by atoms with Crippen molar-refractivity contribution in [2.24, 2.45) is 4.99 Å². The quantitative estimate of drug-likeness (QED) is 0.351. The van der Waals surface area contributed by atoms with Crippen molar-refractivity contribution in [3.63, 3.8) is 0 Å². The third-order valence-corrected chi connectivity index (χ3v) is 4.15. The number of rotatable bonds is 6. The number of aliphatic imine (C=N–C) groups is 1. The van der Waals surface area contributed by atoms with Crippen molar-refractivity contribution in [1.82, 2.24) is 25.5 Å². The number of anilines is 1. The van der Waals surface area contributed by atoms with Gasteiger partial charge in [0.15, 0.2) is 5.96 Å². The lowest BCUT2D eigenvalue weighted by Gasteiger charge is -2.23. The van der Waals surface area contributed by atoms with Gasteiger partial charge in [0.2, 0.25) is 5.95 Å². The van der Waals surface area contributed by atoms with Crippen LogP contribution in [0.4, 0.5) is 23.9 Å². The number of nitrogens with one attached hydrogen (secondary N) is 3. The van der Waals surface area contributed by atoms with Crippen molar-refractivity contribution < 1.29 is 22.7 Å². The van der Waals surface area contributed by atoms with Crippen LogP contribution in [0.3, 0.4) is 0 Å². The number of carbonyl (C=O) groups is 1. The molecule has 2 rings (SSSR count). The Labute approximate surface area is 179 Å². The summed E-state index contributed by atoms with van der Waals surface area (Å²) in [6, 6.07) is 0.761. The number of guanidine groups is 1. The Hall–Kier alpha value is -2.79. The molecule has 1 aliphatic heterocycles. The van der Waals surface area contributed by atoms with Gasteiger partial charge in [-0.2, -0.15) is 13.2 Å². The third-order valence-electron chi connectivity index (χ3n) is 4.15. The molecule has 9 nitrogen and oxygen atoms in total. The highest BCUT2D eigenvalue weighted by Crippen LogP contribution is 2.27. The van der Waals surface area contributed by atoms with E-state index in [4.69, 9.17) is 4.74 Å². The van der Waals surface area contributed by atoms with Crippen molar-refractivity contribution in [2.75, 3.05) is 38.0 Å². The molecule has 3 N–H and O–H groups in total. The normalized spacial score (nSPS) is 17.5. The monoisotopic (exact) mass is 445 g/mol. The third kappa shape index (κ3) is 8.46. The van der Waals surface area contributed by atoms with E-state index in [2.05, 4.69) is 30.9 Å². The van der Waals surface area contributed by atoms with E-state index in [1.54, 1.807) is 0 Å². The fourth-order valence-corrected chi connectivity index (χ4v) is 2.90. The molecule has 174 valence electrons. The molecule has 1 atom stereocenters. The van der Waals surface area contributed by atoms with Crippen LogP contribution in [0.15, 0.2) is 17.3 Å². The van der Waals surface area contributed by atoms with Gasteiger partial charge in [0.05, 0.1) is 12.6 Å². The molecule has 0 aromatic carbocycles. The SMILES string of the molecule is CCNC(=NCCNc1nccc(C(F)(F)F)n1)N1CCC(NC(=O)OC(C)(C)C)C1. The Balaban J connectivity index is 1.86. The molecule has 31 heavy (non-hydrogen) atoms. The zero-order valence-electron chi connectivity index (χ0n) is 18.2. The molecule has 1 aromatic heterocycles. The largest absolute Gasteiger partial charge is 0.444 e. The smallest absolute Gasteiger partial charge is 0.433 e. The minimum absolute atomic E-state index is 0.0599. The van der Waals surface area contributed by atoms with Gasteiger partial charge in [-0.1, -0.05) is 0 Å². The van der Waals surface area contributed by atoms with Gasteiger partial charge in [-0.05, 0) is 40.2 Å². The predicted molar refractivity (Wildman–Crippen MR) is 111 cm³/mol. The number of carbonyl (C=O) groups excluding carboxylic acids is 1. The number of likely N-dealkylation sites (tertiary alicyclic amines) is 1. The van der Waals surface area contributed by atoms with E-state index < -0.39 is 23.6 Å². The van der Waals surface area contributed by atoms with Crippen LogP contribution < -0.4 is 16.0 Å². The molecule has 0 bridgehead atoms. The number of nitrogens with zero attached hydrogens (tertiary/aromatic N) is 4. The second-order valence-corrected chi connectivity index (χ2v) is 8.00. The first-order valence-electron chi connectivity index (χ1n) is 10.1. The number of amides is 1. The first kappa shape index (κ1) is 24.5. The summed E-state index contributed by atoms with van der Waals surface area (Å²) in [5, 5.41) is 8.80. The molecule has 0 radical (unpaired) electrons. The van der Waals surface area contributed by atoms with Crippen LogP contribution in [0.25, 0.3) is 0 Å². The lowest BCUT2D eigenvalue weighted by atomic mass is 10.2. The Morgan fingerprint density at radius 1 is 1.35 bits per heavy atom. The van der Waals surface area contributed by atoms with Crippen LogP contribution in [-0.2, 0) is 10.9 Å². The molecule has 12 heteroatoms. The number of hydrogen-bond donors (Lipinski definition) is 3. The molecule has 2 heterocycles. The van der Waals surface area contributed by atoms with Gasteiger partial charge in [-0.3, -0.25) is 4.99 Å². The van der Waals surface area contributed by atoms with Gasteiger partial charge < -0.3 is 25.6 Å². The molecule has 1 aromatic rings. The van der Waals surface area contributed by atoms with Crippen LogP contribution in [0.5, 0.6) is 0 Å². The van der Waals surface area contributed by atoms with E-state index in [1.165, 1.54) is 0 Å². The van der Waals surface area contributed by atoms with Crippen molar-refractivity contribution in [3.05, 3.63) is 18.0 Å². The molecule has 1 saturated heterocycles. The fourth-order valence-electron chi connectivity index (χ4n) is 2.90. The summed E-state index contributed by atoms with van der Waals surface area (Å²) in [6.07, 6.45) is -3.16. The maximum Gasteiger partial charge on any atom is 0.433 e. The summed E-state index contributed by atoms with van der Waals surface area (Å²) in [5.74, 6) is 0.570. The van der Waals surface area contributed by atoms with E-state index in [0.717, 1.165) is 18.7 Å². The van der Waals surface area contributed by atoms with E-state index in [1.807, 2.05) is 32.6 Å². The van der Waals surface area contributed by atoms with Crippen LogP contribution in [0, 0.1) is 0 Å². The predicted octanol–water partition coefficient (Wildman–Crippen LogP) is 2.47. The molecule has 0 aliphatic carbocycles. The number of alkyl halides is 3. The van der Waals surface area contributed by atoms with E-state index in [-0.39, 0.29) is 18.5 Å². The number of ether oxygens (including phenoxy) is 1. The molecule has 1 unspecified atom stereocenters. The average Bonchev–Trinajstić information content (AvgIpc) is 3.10. The number of aromatic nitrogens is 2. The number of hydrogen-bond acceptors (Lipinski definition) is 6. The first-order chi connectivity index (χ1) is 14.5. The van der Waals surface area contributed by atoms with Gasteiger partial charge in [0.25, 0.3) is 0 Å². The summed E-state index contributed by atoms with van der Waals surface area (Å²) in [4.78, 5) is 25.7. The van der Waals surface area contributed by atoms with Gasteiger partial charge in [-0.15, -0.1) is 0 Å². The molecule has 1 amide bonds. The van der Waals surface area contributed by atoms with Crippen molar-refractivity contribution >= 4 is 18.0 Å². The Morgan fingerprint density at radius 2 is 2.10 bits per heavy atom. The summed E-state index contributed by atoms with van der Waals surface area (Å²) >= 11 is 0. The highest BCUT2D eigenvalue weighted by atomic mass is 19.4. The molecule has 0 saturated carbocycles. The summed E-state index contributed by atoms with van der Waals surface area (Å²) in [7, 11) is 0. The molecule has 1 fully saturated rings. The van der Waals surface area contributed by atoms with Crippen molar-refractivity contribution in [3.8, 4) is 0 Å². The summed E-state index contributed by atoms with van der Waals surface area (Å²) < 4.78 is 43.5. The zero-order chi connectivity index (χ0) is 23.1. The zero-order valence-corrected chi connectivity index (χ0v) is 18.2. The first-order valence-corrected chi connectivity index (χ1v) is 10.1. The number of halogens is 3. The maximum absolute atomic E-state index is 12.7. The fraction of sp³-hybridized carbons (Fsp3) is 0.684. The molecule has 1 aliphatic rings. The van der Waals surface area contributed by atoms with Crippen LogP contribution >= 0.6 is 0 Å². The molecular weight excluding hydrogens is 415 g/mol. The van der Waals surface area contributed by atoms with Crippen LogP contribution in [0.2, 0.25) is 0 Å². The van der Waals surface area contributed by atoms with E-state index >= 15 is 0 Å². The summed E-state index contributed by atoms with van der Waals surface area (Å²) in [5.41, 5.74) is -1.56. The lowest BCUT2D eigenvalue weighted by molar-refractivity contribution is -0.141. The number of alkyl carbamates (subject to hydrolysis) is 1. The van der Waals surface area contributed by atoms with Gasteiger partial charge in [0, 0.05) is 32.4 Å². The minimum atomic E-state index is -4.52. The van der Waals surface area contributed by atoms with Crippen molar-refractivity contribution in [2.45, 2.75) is 51.9 Å². The second kappa shape index (κ2) is 10.5. The Morgan fingerprint density at radius 3 is 2.74 bits per heavy atom. The lowest BCUT2D eigenvalue weighted by Crippen LogP contribution is -2.44. The highest BCUT2D eigenvalue weighted by Gasteiger charge is 2.32. The van der Waals surface area contributed by atoms with Crippen LogP contribution in [-0.4, -0.2) is 71.3 Å². The van der Waals surface area contributed by atoms with Gasteiger partial charge in [-0.25, -0.2) is 14.8 Å². The van der Waals surface area contributed by atoms with Crippen molar-refractivity contribution in [1.29, 1.82) is 0 Å². The topological polar surface area (TPSA) is 104 Å². The highest BCUT2D eigenvalue weighted by molar-refractivity contribution is 5.80. The standard InChI is InChI=1S/C19H30F3N7O2/c1-5-23-16(29-11-7-13(12-29)27-17(30)31-18(2,3)4)26-10-9-25-15-24-8-6-14(28-15)19(20,21)22/h6,8,13H,5,7,9-12H2,1-4H3,(H,23,26)(H,27,30)(H,24,25,28). The Bertz CT molecular complexity index is 766.